The number of likely N-dealkylation sites (tertiary alicyclic amines) is 1. The Bertz CT molecular complexity index is 1090. The third-order valence-electron chi connectivity index (χ3n) is 5.76. The summed E-state index contributed by atoms with van der Waals surface area (Å²) in [5.74, 6) is 0.0834. The number of hydrogen-bond acceptors (Lipinski definition) is 7. The summed E-state index contributed by atoms with van der Waals surface area (Å²) < 4.78 is 21.4. The van der Waals surface area contributed by atoms with Crippen molar-refractivity contribution in [2.45, 2.75) is 12.5 Å². The topological polar surface area (TPSA) is 94.5 Å². The number of benzene rings is 2. The molecule has 1 fully saturated rings. The van der Waals surface area contributed by atoms with Crippen LogP contribution in [0.1, 0.15) is 22.7 Å². The summed E-state index contributed by atoms with van der Waals surface area (Å²) in [5.41, 5.74) is 2.05. The van der Waals surface area contributed by atoms with Crippen molar-refractivity contribution in [3.63, 3.8) is 0 Å². The van der Waals surface area contributed by atoms with Gasteiger partial charge in [-0.2, -0.15) is 0 Å². The van der Waals surface area contributed by atoms with E-state index in [0.717, 1.165) is 17.7 Å². The number of aliphatic hydroxyl groups excluding tert-OH is 1. The van der Waals surface area contributed by atoms with Gasteiger partial charge in [-0.25, -0.2) is 0 Å². The van der Waals surface area contributed by atoms with E-state index < -0.39 is 17.7 Å². The largest absolute Gasteiger partial charge is 0.507 e. The molecule has 4 rings (SSSR count). The maximum Gasteiger partial charge on any atom is 0.295 e. The molecule has 8 heteroatoms. The van der Waals surface area contributed by atoms with E-state index in [4.69, 9.17) is 18.9 Å². The van der Waals surface area contributed by atoms with Gasteiger partial charge < -0.3 is 29.0 Å². The molecular weight excluding hydrogens is 414 g/mol. The molecule has 1 amide bonds. The van der Waals surface area contributed by atoms with Crippen molar-refractivity contribution in [2.24, 2.45) is 0 Å². The monoisotopic (exact) mass is 439 g/mol. The highest BCUT2D eigenvalue weighted by Crippen LogP contribution is 2.42. The number of fused-ring (bicyclic) bond motifs is 1. The second-order valence-corrected chi connectivity index (χ2v) is 7.52. The second kappa shape index (κ2) is 8.92. The highest BCUT2D eigenvalue weighted by Gasteiger charge is 2.46. The second-order valence-electron chi connectivity index (χ2n) is 7.52. The molecule has 32 heavy (non-hydrogen) atoms. The number of amides is 1. The quantitative estimate of drug-likeness (QED) is 0.403. The van der Waals surface area contributed by atoms with Gasteiger partial charge in [-0.1, -0.05) is 6.07 Å². The van der Waals surface area contributed by atoms with Crippen molar-refractivity contribution >= 4 is 17.4 Å². The Balaban J connectivity index is 1.86. The van der Waals surface area contributed by atoms with E-state index in [2.05, 4.69) is 0 Å². The van der Waals surface area contributed by atoms with E-state index in [9.17, 15) is 14.7 Å². The molecule has 0 aliphatic carbocycles. The predicted octanol–water partition coefficient (Wildman–Crippen LogP) is 2.71. The summed E-state index contributed by atoms with van der Waals surface area (Å²) in [5, 5.41) is 11.2. The van der Waals surface area contributed by atoms with Crippen LogP contribution < -0.4 is 14.2 Å². The smallest absolute Gasteiger partial charge is 0.295 e. The Hall–Kier alpha value is -3.52. The number of carbonyl (C=O) groups excluding carboxylic acids is 2. The molecule has 0 bridgehead atoms. The minimum absolute atomic E-state index is 0.0252. The van der Waals surface area contributed by atoms with Gasteiger partial charge in [0.2, 0.25) is 0 Å². The van der Waals surface area contributed by atoms with Crippen LogP contribution in [0.15, 0.2) is 42.0 Å². The zero-order valence-electron chi connectivity index (χ0n) is 18.2. The Morgan fingerprint density at radius 1 is 1.09 bits per heavy atom. The van der Waals surface area contributed by atoms with E-state index in [0.29, 0.717) is 29.2 Å². The number of carbonyl (C=O) groups is 2. The van der Waals surface area contributed by atoms with Crippen LogP contribution >= 0.6 is 0 Å². The third kappa shape index (κ3) is 3.67. The molecule has 0 spiro atoms. The molecule has 1 N–H and O–H groups in total. The normalized spacial score (nSPS) is 19.1. The molecule has 1 unspecified atom stereocenters. The van der Waals surface area contributed by atoms with Gasteiger partial charge in [0.15, 0.2) is 11.5 Å². The van der Waals surface area contributed by atoms with Crippen LogP contribution in [-0.4, -0.2) is 62.8 Å². The molecule has 1 atom stereocenters. The lowest BCUT2D eigenvalue weighted by atomic mass is 9.94. The molecule has 2 aromatic carbocycles. The summed E-state index contributed by atoms with van der Waals surface area (Å²) in [4.78, 5) is 27.4. The van der Waals surface area contributed by atoms with Crippen LogP contribution in [0.2, 0.25) is 0 Å². The van der Waals surface area contributed by atoms with E-state index in [1.807, 2.05) is 0 Å². The first-order valence-corrected chi connectivity index (χ1v) is 10.3. The maximum atomic E-state index is 13.1. The van der Waals surface area contributed by atoms with E-state index in [1.54, 1.807) is 36.4 Å². The highest BCUT2D eigenvalue weighted by atomic mass is 16.5. The van der Waals surface area contributed by atoms with Gasteiger partial charge in [-0.3, -0.25) is 9.59 Å². The third-order valence-corrected chi connectivity index (χ3v) is 5.76. The average Bonchev–Trinajstić information content (AvgIpc) is 3.39. The summed E-state index contributed by atoms with van der Waals surface area (Å²) >= 11 is 0. The number of aliphatic hydroxyl groups is 1. The van der Waals surface area contributed by atoms with E-state index in [-0.39, 0.29) is 24.5 Å². The Kier molecular flexibility index (Phi) is 6.05. The molecule has 2 aliphatic rings. The highest BCUT2D eigenvalue weighted by molar-refractivity contribution is 6.46. The zero-order valence-corrected chi connectivity index (χ0v) is 18.2. The summed E-state index contributed by atoms with van der Waals surface area (Å²) in [6, 6.07) is 9.62. The Labute approximate surface area is 185 Å². The molecule has 1 saturated heterocycles. The van der Waals surface area contributed by atoms with E-state index >= 15 is 0 Å². The van der Waals surface area contributed by atoms with Gasteiger partial charge in [0.25, 0.3) is 11.7 Å². The van der Waals surface area contributed by atoms with Crippen molar-refractivity contribution in [1.29, 1.82) is 0 Å². The Morgan fingerprint density at radius 3 is 2.59 bits per heavy atom. The maximum absolute atomic E-state index is 13.1. The van der Waals surface area contributed by atoms with Gasteiger partial charge in [0.1, 0.15) is 11.5 Å². The fourth-order valence-corrected chi connectivity index (χ4v) is 4.16. The Morgan fingerprint density at radius 2 is 1.88 bits per heavy atom. The first-order valence-electron chi connectivity index (χ1n) is 10.3. The first kappa shape index (κ1) is 21.7. The van der Waals surface area contributed by atoms with Crippen LogP contribution in [-0.2, 0) is 20.7 Å². The van der Waals surface area contributed by atoms with Gasteiger partial charge in [-0.15, -0.1) is 0 Å². The summed E-state index contributed by atoms with van der Waals surface area (Å²) in [7, 11) is 4.56. The van der Waals surface area contributed by atoms with Crippen LogP contribution in [0, 0.1) is 0 Å². The van der Waals surface area contributed by atoms with Crippen molar-refractivity contribution in [3.05, 3.63) is 58.7 Å². The van der Waals surface area contributed by atoms with Crippen molar-refractivity contribution in [2.75, 3.05) is 41.1 Å². The number of nitrogens with zero attached hydrogens (tertiary/aromatic N) is 1. The fourth-order valence-electron chi connectivity index (χ4n) is 4.16. The van der Waals surface area contributed by atoms with Crippen molar-refractivity contribution < 1.29 is 33.6 Å². The predicted molar refractivity (Wildman–Crippen MR) is 116 cm³/mol. The van der Waals surface area contributed by atoms with Gasteiger partial charge in [0, 0.05) is 25.6 Å². The number of ketones is 1. The molecule has 0 saturated carbocycles. The van der Waals surface area contributed by atoms with E-state index in [1.165, 1.54) is 26.2 Å². The molecule has 2 aromatic rings. The van der Waals surface area contributed by atoms with Crippen LogP contribution in [0.25, 0.3) is 5.76 Å². The minimum atomic E-state index is -0.797. The molecular formula is C24H25NO7. The summed E-state index contributed by atoms with van der Waals surface area (Å²) in [6.45, 7) is 1.01. The SMILES string of the molecule is COCCN1C(=O)C(=O)/C(=C(/O)c2ccc3c(c2)CCO3)C1c1ccc(OC)c(OC)c1. The number of methoxy groups -OCH3 is 3. The van der Waals surface area contributed by atoms with Crippen molar-refractivity contribution in [3.8, 4) is 17.2 Å². The molecule has 2 aliphatic heterocycles. The lowest BCUT2D eigenvalue weighted by molar-refractivity contribution is -0.140. The standard InChI is InChI=1S/C24H25NO7/c1-29-11-9-25-21(15-4-7-18(30-2)19(13-15)31-3)20(23(27)24(25)28)22(26)16-5-6-17-14(12-16)8-10-32-17/h4-7,12-13,21,26H,8-11H2,1-3H3/b22-20+. The van der Waals surface area contributed by atoms with Gasteiger partial charge in [0.05, 0.1) is 39.0 Å². The van der Waals surface area contributed by atoms with Crippen molar-refractivity contribution in [1.82, 2.24) is 4.90 Å². The van der Waals surface area contributed by atoms with Crippen LogP contribution in [0.4, 0.5) is 0 Å². The molecule has 2 heterocycles. The van der Waals surface area contributed by atoms with Crippen LogP contribution in [0.5, 0.6) is 17.2 Å². The number of rotatable bonds is 7. The van der Waals surface area contributed by atoms with Gasteiger partial charge >= 0.3 is 0 Å². The number of hydrogen-bond donors (Lipinski definition) is 1. The molecule has 8 nitrogen and oxygen atoms in total. The van der Waals surface area contributed by atoms with Gasteiger partial charge in [-0.05, 0) is 41.5 Å². The lowest BCUT2D eigenvalue weighted by Crippen LogP contribution is -2.32. The fraction of sp³-hybridized carbons (Fsp3) is 0.333. The number of ether oxygens (including phenoxy) is 4. The van der Waals surface area contributed by atoms with Crippen LogP contribution in [0.3, 0.4) is 0 Å². The summed E-state index contributed by atoms with van der Waals surface area (Å²) in [6.07, 6.45) is 0.720. The zero-order chi connectivity index (χ0) is 22.8. The molecule has 0 aromatic heterocycles. The molecule has 0 radical (unpaired) electrons. The minimum Gasteiger partial charge on any atom is -0.507 e. The number of Topliss-reactive ketones (excluding diaryl/α,β-unsaturated/α-hetero) is 1. The average molecular weight is 439 g/mol. The lowest BCUT2D eigenvalue weighted by Gasteiger charge is -2.25. The molecule has 168 valence electrons. The first-order chi connectivity index (χ1) is 15.5.